The van der Waals surface area contributed by atoms with Gasteiger partial charge in [0.15, 0.2) is 0 Å². The molecule has 0 heterocycles. The quantitative estimate of drug-likeness (QED) is 0.670. The number of carbonyl (C=O) groups excluding carboxylic acids is 1. The summed E-state index contributed by atoms with van der Waals surface area (Å²) in [5.41, 5.74) is 0.773. The number of esters is 1. The fraction of sp³-hybridized carbons (Fsp3) is 0.500. The van der Waals surface area contributed by atoms with Gasteiger partial charge in [0.25, 0.3) is 0 Å². The van der Waals surface area contributed by atoms with Crippen LogP contribution >= 0.6 is 0 Å². The zero-order valence-corrected chi connectivity index (χ0v) is 11.6. The van der Waals surface area contributed by atoms with E-state index >= 15 is 0 Å². The summed E-state index contributed by atoms with van der Waals surface area (Å²) in [6, 6.07) is 4.85. The largest absolute Gasteiger partial charge is 0.460 e. The van der Waals surface area contributed by atoms with Gasteiger partial charge < -0.3 is 9.84 Å². The molecule has 5 heteroatoms. The molecule has 1 N–H and O–H groups in total. The van der Waals surface area contributed by atoms with Gasteiger partial charge in [-0.15, -0.1) is 4.91 Å². The van der Waals surface area contributed by atoms with Crippen molar-refractivity contribution in [3.63, 3.8) is 0 Å². The van der Waals surface area contributed by atoms with E-state index < -0.39 is 17.7 Å². The van der Waals surface area contributed by atoms with E-state index in [1.807, 2.05) is 0 Å². The molecule has 1 atom stereocenters. The molecule has 0 aromatic heterocycles. The predicted octanol–water partition coefficient (Wildman–Crippen LogP) is 3.16. The smallest absolute Gasteiger partial charge is 0.309 e. The second-order valence-corrected chi connectivity index (χ2v) is 5.39. The maximum absolute atomic E-state index is 11.6. The summed E-state index contributed by atoms with van der Waals surface area (Å²) in [6.45, 7) is 6.97. The molecule has 0 aliphatic heterocycles. The summed E-state index contributed by atoms with van der Waals surface area (Å²) < 4.78 is 5.14. The van der Waals surface area contributed by atoms with E-state index in [-0.39, 0.29) is 12.1 Å². The number of nitrogens with zero attached hydrogens (tertiary/aromatic N) is 1. The highest BCUT2D eigenvalue weighted by atomic mass is 16.6. The van der Waals surface area contributed by atoms with Crippen molar-refractivity contribution in [2.24, 2.45) is 5.18 Å². The maximum Gasteiger partial charge on any atom is 0.309 e. The van der Waals surface area contributed by atoms with Crippen LogP contribution in [0, 0.1) is 11.8 Å². The third-order valence-corrected chi connectivity index (χ3v) is 2.58. The highest BCUT2D eigenvalue weighted by Gasteiger charge is 2.21. The second-order valence-electron chi connectivity index (χ2n) is 5.39. The third kappa shape index (κ3) is 4.44. The van der Waals surface area contributed by atoms with Gasteiger partial charge >= 0.3 is 5.97 Å². The van der Waals surface area contributed by atoms with Gasteiger partial charge in [-0.2, -0.15) is 0 Å². The molecule has 104 valence electrons. The van der Waals surface area contributed by atoms with Crippen LogP contribution in [0.3, 0.4) is 0 Å². The van der Waals surface area contributed by atoms with E-state index in [1.54, 1.807) is 45.9 Å². The Morgan fingerprint density at radius 3 is 2.58 bits per heavy atom. The molecule has 1 aromatic carbocycles. The lowest BCUT2D eigenvalue weighted by atomic mass is 10.00. The van der Waals surface area contributed by atoms with Gasteiger partial charge in [0.05, 0.1) is 12.5 Å². The van der Waals surface area contributed by atoms with Crippen molar-refractivity contribution >= 4 is 11.7 Å². The van der Waals surface area contributed by atoms with Gasteiger partial charge in [0.2, 0.25) is 0 Å². The fourth-order valence-electron chi connectivity index (χ4n) is 1.75. The number of nitroso groups, excluding NO2 is 1. The summed E-state index contributed by atoms with van der Waals surface area (Å²) in [4.78, 5) is 22.2. The van der Waals surface area contributed by atoms with Crippen LogP contribution in [-0.2, 0) is 9.53 Å². The van der Waals surface area contributed by atoms with Crippen LogP contribution in [-0.4, -0.2) is 16.7 Å². The highest BCUT2D eigenvalue weighted by Crippen LogP contribution is 2.28. The monoisotopic (exact) mass is 265 g/mol. The number of rotatable bonds is 4. The van der Waals surface area contributed by atoms with Crippen LogP contribution in [0.1, 0.15) is 44.4 Å². The number of ether oxygens (including phenoxy) is 1. The van der Waals surface area contributed by atoms with Crippen LogP contribution in [0.4, 0.5) is 5.69 Å². The van der Waals surface area contributed by atoms with E-state index in [2.05, 4.69) is 5.18 Å². The Hall–Kier alpha value is -1.75. The van der Waals surface area contributed by atoms with Gasteiger partial charge in [-0.25, -0.2) is 0 Å². The van der Waals surface area contributed by atoms with E-state index in [4.69, 9.17) is 4.74 Å². The van der Waals surface area contributed by atoms with Gasteiger partial charge in [-0.1, -0.05) is 12.1 Å². The summed E-state index contributed by atoms with van der Waals surface area (Å²) in [5.74, 6) is -0.483. The molecule has 0 bridgehead atoms. The molecule has 0 aliphatic rings. The Kier molecular flexibility index (Phi) is 4.78. The van der Waals surface area contributed by atoms with Crippen molar-refractivity contribution in [3.8, 4) is 0 Å². The molecule has 1 aromatic rings. The molecule has 19 heavy (non-hydrogen) atoms. The Morgan fingerprint density at radius 2 is 2.05 bits per heavy atom. The van der Waals surface area contributed by atoms with E-state index in [1.165, 1.54) is 0 Å². The SMILES string of the molecule is Cc1c(N=O)cccc1C(O)CC(=O)OC(C)(C)C. The molecule has 1 rings (SSSR count). The summed E-state index contributed by atoms with van der Waals surface area (Å²) >= 11 is 0. The number of hydrogen-bond donors (Lipinski definition) is 1. The number of aliphatic hydroxyl groups is 1. The van der Waals surface area contributed by atoms with Crippen molar-refractivity contribution in [3.05, 3.63) is 34.2 Å². The van der Waals surface area contributed by atoms with Crippen molar-refractivity contribution < 1.29 is 14.6 Å². The second kappa shape index (κ2) is 5.93. The topological polar surface area (TPSA) is 76.0 Å². The third-order valence-electron chi connectivity index (χ3n) is 2.58. The molecule has 5 nitrogen and oxygen atoms in total. The van der Waals surface area contributed by atoms with Gasteiger partial charge in [0.1, 0.15) is 11.3 Å². The minimum Gasteiger partial charge on any atom is -0.460 e. The molecule has 0 fully saturated rings. The lowest BCUT2D eigenvalue weighted by Crippen LogP contribution is -2.25. The zero-order chi connectivity index (χ0) is 14.6. The lowest BCUT2D eigenvalue weighted by molar-refractivity contribution is -0.157. The average Bonchev–Trinajstić information content (AvgIpc) is 2.26. The first-order valence-electron chi connectivity index (χ1n) is 6.07. The zero-order valence-electron chi connectivity index (χ0n) is 11.6. The van der Waals surface area contributed by atoms with Crippen molar-refractivity contribution in [2.75, 3.05) is 0 Å². The Balaban J connectivity index is 2.81. The van der Waals surface area contributed by atoms with Gasteiger partial charge in [-0.05, 0) is 50.1 Å². The Bertz CT molecular complexity index is 477. The van der Waals surface area contributed by atoms with Crippen LogP contribution in [0.15, 0.2) is 23.4 Å². The molecule has 0 radical (unpaired) electrons. The summed E-state index contributed by atoms with van der Waals surface area (Å²) in [6.07, 6.45) is -1.16. The van der Waals surface area contributed by atoms with Gasteiger partial charge in [0, 0.05) is 0 Å². The number of carbonyl (C=O) groups is 1. The molecule has 0 saturated carbocycles. The van der Waals surface area contributed by atoms with E-state index in [9.17, 15) is 14.8 Å². The highest BCUT2D eigenvalue weighted by molar-refractivity contribution is 5.71. The lowest BCUT2D eigenvalue weighted by Gasteiger charge is -2.21. The maximum atomic E-state index is 11.6. The number of hydrogen-bond acceptors (Lipinski definition) is 5. The van der Waals surface area contributed by atoms with E-state index in [0.717, 1.165) is 0 Å². The molecule has 0 saturated heterocycles. The summed E-state index contributed by atoms with van der Waals surface area (Å²) in [5, 5.41) is 12.9. The first-order valence-corrected chi connectivity index (χ1v) is 6.07. The van der Waals surface area contributed by atoms with Crippen LogP contribution in [0.2, 0.25) is 0 Å². The molecular formula is C14H19NO4. The Morgan fingerprint density at radius 1 is 1.42 bits per heavy atom. The minimum atomic E-state index is -1.00. The first kappa shape index (κ1) is 15.3. The first-order chi connectivity index (χ1) is 8.74. The average molecular weight is 265 g/mol. The van der Waals surface area contributed by atoms with Gasteiger partial charge in [-0.3, -0.25) is 4.79 Å². The molecule has 1 unspecified atom stereocenters. The number of aliphatic hydroxyl groups excluding tert-OH is 1. The molecule has 0 aliphatic carbocycles. The molecule has 0 spiro atoms. The number of benzene rings is 1. The van der Waals surface area contributed by atoms with Crippen LogP contribution in [0.25, 0.3) is 0 Å². The predicted molar refractivity (Wildman–Crippen MR) is 72.1 cm³/mol. The normalized spacial score (nSPS) is 12.9. The van der Waals surface area contributed by atoms with Crippen molar-refractivity contribution in [1.82, 2.24) is 0 Å². The van der Waals surface area contributed by atoms with E-state index in [0.29, 0.717) is 11.1 Å². The van der Waals surface area contributed by atoms with Crippen LogP contribution in [0.5, 0.6) is 0 Å². The minimum absolute atomic E-state index is 0.152. The standard InChI is InChI=1S/C14H19NO4/c1-9-10(6-5-7-11(9)15-18)12(16)8-13(17)19-14(2,3)4/h5-7,12,16H,8H2,1-4H3. The van der Waals surface area contributed by atoms with Crippen molar-refractivity contribution in [1.29, 1.82) is 0 Å². The fourth-order valence-corrected chi connectivity index (χ4v) is 1.75. The Labute approximate surface area is 112 Å². The van der Waals surface area contributed by atoms with Crippen molar-refractivity contribution in [2.45, 2.75) is 45.8 Å². The molecular weight excluding hydrogens is 246 g/mol. The summed E-state index contributed by atoms with van der Waals surface area (Å²) in [7, 11) is 0. The van der Waals surface area contributed by atoms with Crippen LogP contribution < -0.4 is 0 Å². The molecule has 0 amide bonds.